The van der Waals surface area contributed by atoms with Crippen molar-refractivity contribution in [3.8, 4) is 11.5 Å². The Morgan fingerprint density at radius 2 is 1.83 bits per heavy atom. The molecule has 4 heteroatoms. The van der Waals surface area contributed by atoms with E-state index in [0.29, 0.717) is 12.3 Å². The molecule has 24 heavy (non-hydrogen) atoms. The summed E-state index contributed by atoms with van der Waals surface area (Å²) in [6, 6.07) is 15.6. The summed E-state index contributed by atoms with van der Waals surface area (Å²) >= 11 is 0. The largest absolute Gasteiger partial charge is 0.497 e. The minimum Gasteiger partial charge on any atom is -0.497 e. The number of carbonyl (C=O) groups is 1. The zero-order chi connectivity index (χ0) is 17.4. The maximum Gasteiger partial charge on any atom is 0.260 e. The fourth-order valence-corrected chi connectivity index (χ4v) is 2.43. The second-order valence-corrected chi connectivity index (χ2v) is 5.82. The summed E-state index contributed by atoms with van der Waals surface area (Å²) in [5, 5.41) is 2.92. The van der Waals surface area contributed by atoms with E-state index in [1.54, 1.807) is 26.2 Å². The lowest BCUT2D eigenvalue weighted by molar-refractivity contribution is -0.127. The molecule has 1 N–H and O–H groups in total. The van der Waals surface area contributed by atoms with Crippen LogP contribution in [0.1, 0.15) is 24.5 Å². The van der Waals surface area contributed by atoms with Gasteiger partial charge in [0.1, 0.15) is 11.5 Å². The van der Waals surface area contributed by atoms with E-state index in [0.717, 1.165) is 18.6 Å². The lowest BCUT2D eigenvalue weighted by Crippen LogP contribution is -2.36. The topological polar surface area (TPSA) is 47.6 Å². The summed E-state index contributed by atoms with van der Waals surface area (Å²) in [7, 11) is 1.61. The second-order valence-electron chi connectivity index (χ2n) is 5.82. The molecule has 0 aliphatic carbocycles. The smallest absolute Gasteiger partial charge is 0.260 e. The van der Waals surface area contributed by atoms with E-state index >= 15 is 0 Å². The molecule has 2 aromatic carbocycles. The van der Waals surface area contributed by atoms with Crippen molar-refractivity contribution in [2.45, 2.75) is 32.8 Å². The van der Waals surface area contributed by atoms with Crippen LogP contribution in [-0.2, 0) is 11.2 Å². The summed E-state index contributed by atoms with van der Waals surface area (Å²) in [5.74, 6) is 1.31. The van der Waals surface area contributed by atoms with Gasteiger partial charge < -0.3 is 14.8 Å². The molecule has 4 nitrogen and oxygen atoms in total. The Balaban J connectivity index is 1.71. The van der Waals surface area contributed by atoms with Crippen LogP contribution in [0.3, 0.4) is 0 Å². The molecule has 1 amide bonds. The molecule has 0 aliphatic rings. The van der Waals surface area contributed by atoms with Gasteiger partial charge in [-0.25, -0.2) is 0 Å². The highest BCUT2D eigenvalue weighted by molar-refractivity contribution is 5.80. The molecule has 0 fully saturated rings. The van der Waals surface area contributed by atoms with E-state index in [2.05, 4.69) is 36.5 Å². The average Bonchev–Trinajstić information content (AvgIpc) is 2.59. The van der Waals surface area contributed by atoms with Crippen LogP contribution in [0.25, 0.3) is 0 Å². The average molecular weight is 327 g/mol. The summed E-state index contributed by atoms with van der Waals surface area (Å²) < 4.78 is 10.7. The van der Waals surface area contributed by atoms with Gasteiger partial charge in [0.15, 0.2) is 6.10 Å². The van der Waals surface area contributed by atoms with Crippen molar-refractivity contribution in [2.24, 2.45) is 0 Å². The van der Waals surface area contributed by atoms with Gasteiger partial charge in [-0.15, -0.1) is 0 Å². The Morgan fingerprint density at radius 3 is 2.50 bits per heavy atom. The van der Waals surface area contributed by atoms with E-state index in [9.17, 15) is 4.79 Å². The molecule has 1 atom stereocenters. The van der Waals surface area contributed by atoms with Gasteiger partial charge in [-0.05, 0) is 56.5 Å². The van der Waals surface area contributed by atoms with Crippen molar-refractivity contribution in [2.75, 3.05) is 13.7 Å². The highest BCUT2D eigenvalue weighted by Gasteiger charge is 2.13. The first-order valence-electron chi connectivity index (χ1n) is 8.22. The van der Waals surface area contributed by atoms with E-state index in [4.69, 9.17) is 9.47 Å². The van der Waals surface area contributed by atoms with Crippen molar-refractivity contribution in [3.63, 3.8) is 0 Å². The van der Waals surface area contributed by atoms with E-state index in [-0.39, 0.29) is 5.91 Å². The van der Waals surface area contributed by atoms with Crippen LogP contribution in [0.5, 0.6) is 11.5 Å². The molecule has 0 saturated carbocycles. The Hall–Kier alpha value is -2.49. The monoisotopic (exact) mass is 327 g/mol. The molecular weight excluding hydrogens is 302 g/mol. The van der Waals surface area contributed by atoms with Crippen molar-refractivity contribution >= 4 is 5.91 Å². The van der Waals surface area contributed by atoms with E-state index in [1.807, 2.05) is 12.1 Å². The summed E-state index contributed by atoms with van der Waals surface area (Å²) in [6.07, 6.45) is 1.33. The lowest BCUT2D eigenvalue weighted by atomic mass is 10.1. The van der Waals surface area contributed by atoms with Crippen LogP contribution in [0.2, 0.25) is 0 Å². The summed E-state index contributed by atoms with van der Waals surface area (Å²) in [5.41, 5.74) is 2.56. The van der Waals surface area contributed by atoms with Gasteiger partial charge in [-0.3, -0.25) is 4.79 Å². The molecule has 0 unspecified atom stereocenters. The molecule has 0 heterocycles. The normalized spacial score (nSPS) is 11.6. The lowest BCUT2D eigenvalue weighted by Gasteiger charge is -2.15. The van der Waals surface area contributed by atoms with E-state index in [1.165, 1.54) is 11.1 Å². The first kappa shape index (κ1) is 17.9. The van der Waals surface area contributed by atoms with Gasteiger partial charge in [0.2, 0.25) is 0 Å². The maximum absolute atomic E-state index is 12.1. The number of benzene rings is 2. The minimum absolute atomic E-state index is 0.102. The fraction of sp³-hybridized carbons (Fsp3) is 0.350. The standard InChI is InChI=1S/C20H25NO3/c1-15-6-4-7-17(14-15)8-5-13-21-20(22)16(2)24-19-11-9-18(23-3)10-12-19/h4,6-7,9-12,14,16H,5,8,13H2,1-3H3,(H,21,22)/t16-/m1/s1. The molecule has 128 valence electrons. The zero-order valence-electron chi connectivity index (χ0n) is 14.5. The van der Waals surface area contributed by atoms with Crippen molar-refractivity contribution < 1.29 is 14.3 Å². The molecule has 0 saturated heterocycles. The predicted octanol–water partition coefficient (Wildman–Crippen LogP) is 3.52. The fourth-order valence-electron chi connectivity index (χ4n) is 2.43. The SMILES string of the molecule is COc1ccc(O[C@H](C)C(=O)NCCCc2cccc(C)c2)cc1. The quantitative estimate of drug-likeness (QED) is 0.755. The maximum atomic E-state index is 12.1. The number of hydrogen-bond donors (Lipinski definition) is 1. The van der Waals surface area contributed by atoms with Gasteiger partial charge in [0.25, 0.3) is 5.91 Å². The highest BCUT2D eigenvalue weighted by atomic mass is 16.5. The third kappa shape index (κ3) is 5.61. The first-order chi connectivity index (χ1) is 11.6. The molecule has 0 aliphatic heterocycles. The van der Waals surface area contributed by atoms with Crippen molar-refractivity contribution in [1.29, 1.82) is 0 Å². The van der Waals surface area contributed by atoms with Crippen LogP contribution < -0.4 is 14.8 Å². The van der Waals surface area contributed by atoms with Gasteiger partial charge in [-0.2, -0.15) is 0 Å². The molecule has 2 aromatic rings. The molecule has 0 bridgehead atoms. The van der Waals surface area contributed by atoms with Gasteiger partial charge in [-0.1, -0.05) is 29.8 Å². The highest BCUT2D eigenvalue weighted by Crippen LogP contribution is 2.18. The van der Waals surface area contributed by atoms with Crippen molar-refractivity contribution in [3.05, 3.63) is 59.7 Å². The number of rotatable bonds is 8. The Labute approximate surface area is 143 Å². The van der Waals surface area contributed by atoms with Crippen LogP contribution in [-0.4, -0.2) is 25.7 Å². The van der Waals surface area contributed by atoms with Crippen LogP contribution in [0.15, 0.2) is 48.5 Å². The third-order valence-electron chi connectivity index (χ3n) is 3.77. The number of carbonyl (C=O) groups excluding carboxylic acids is 1. The Kier molecular flexibility index (Phi) is 6.67. The number of methoxy groups -OCH3 is 1. The molecular formula is C20H25NO3. The third-order valence-corrected chi connectivity index (χ3v) is 3.77. The molecule has 0 radical (unpaired) electrons. The molecule has 0 aromatic heterocycles. The van der Waals surface area contributed by atoms with Crippen LogP contribution >= 0.6 is 0 Å². The van der Waals surface area contributed by atoms with Crippen molar-refractivity contribution in [1.82, 2.24) is 5.32 Å². The summed E-state index contributed by atoms with van der Waals surface area (Å²) in [4.78, 5) is 12.1. The first-order valence-corrected chi connectivity index (χ1v) is 8.22. The summed E-state index contributed by atoms with van der Waals surface area (Å²) in [6.45, 7) is 4.48. The molecule has 2 rings (SSSR count). The number of ether oxygens (including phenoxy) is 2. The van der Waals surface area contributed by atoms with Crippen LogP contribution in [0.4, 0.5) is 0 Å². The van der Waals surface area contributed by atoms with Gasteiger partial charge in [0.05, 0.1) is 7.11 Å². The Bertz CT molecular complexity index is 652. The van der Waals surface area contributed by atoms with Crippen LogP contribution in [0, 0.1) is 6.92 Å². The van der Waals surface area contributed by atoms with E-state index < -0.39 is 6.10 Å². The molecule has 0 spiro atoms. The minimum atomic E-state index is -0.530. The van der Waals surface area contributed by atoms with Gasteiger partial charge in [0, 0.05) is 6.54 Å². The number of amides is 1. The zero-order valence-corrected chi connectivity index (χ0v) is 14.5. The van der Waals surface area contributed by atoms with Gasteiger partial charge >= 0.3 is 0 Å². The predicted molar refractivity (Wildman–Crippen MR) is 95.6 cm³/mol. The second kappa shape index (κ2) is 8.96. The number of nitrogens with one attached hydrogen (secondary N) is 1. The Morgan fingerprint density at radius 1 is 1.12 bits per heavy atom. The number of aryl methyl sites for hydroxylation is 2. The number of hydrogen-bond acceptors (Lipinski definition) is 3.